The number of fused-ring (bicyclic) bond motifs is 4. The van der Waals surface area contributed by atoms with Gasteiger partial charge in [-0.25, -0.2) is 4.98 Å². The molecule has 6 heteroatoms. The largest absolute Gasteiger partial charge is 0.510 e. The number of nitrogens with zero attached hydrogens (tertiary/aromatic N) is 4. The Morgan fingerprint density at radius 1 is 0.543 bits per heavy atom. The molecule has 0 atom stereocenters. The number of hydrogen-bond acceptors (Lipinski definition) is 2. The SMILES string of the molecule is CCc1cc(-n2c3[c-]c(Oc4[c-]c(-n5[c-][n+](-c6c(-c7ccccc7)cccc6-c6cc(C(C)(C)C)cc(C(C)(C)C)c6)c6ccccc65)ccc4)ccc3c3ccccc32)ncc1-c1ccccc1.[Pt]. The predicted molar refractivity (Wildman–Crippen MR) is 283 cm³/mol. The molecule has 3 heterocycles. The van der Waals surface area contributed by atoms with Gasteiger partial charge in [-0.15, -0.1) is 29.7 Å². The van der Waals surface area contributed by atoms with Gasteiger partial charge in [-0.1, -0.05) is 194 Å². The second-order valence-corrected chi connectivity index (χ2v) is 20.0. The van der Waals surface area contributed by atoms with E-state index in [1.54, 1.807) is 0 Å². The second-order valence-electron chi connectivity index (χ2n) is 20.0. The third-order valence-electron chi connectivity index (χ3n) is 13.3. The number of aryl methyl sites for hydroxylation is 1. The summed E-state index contributed by atoms with van der Waals surface area (Å²) in [5.41, 5.74) is 16.5. The minimum atomic E-state index is -0.0433. The van der Waals surface area contributed by atoms with Crippen molar-refractivity contribution in [3.05, 3.63) is 223 Å². The predicted octanol–water partition coefficient (Wildman–Crippen LogP) is 15.7. The van der Waals surface area contributed by atoms with Crippen LogP contribution in [-0.2, 0) is 38.3 Å². The van der Waals surface area contributed by atoms with Crippen LogP contribution in [0.25, 0.3) is 83.4 Å². The Hall–Kier alpha value is -7.33. The molecule has 0 saturated heterocycles. The van der Waals surface area contributed by atoms with E-state index >= 15 is 0 Å². The van der Waals surface area contributed by atoms with E-state index in [0.29, 0.717) is 11.5 Å². The molecule has 11 rings (SSSR count). The Labute approximate surface area is 426 Å². The second kappa shape index (κ2) is 18.5. The molecule has 0 spiro atoms. The first kappa shape index (κ1) is 46.4. The van der Waals surface area contributed by atoms with Crippen molar-refractivity contribution in [2.45, 2.75) is 65.7 Å². The van der Waals surface area contributed by atoms with Crippen LogP contribution >= 0.6 is 0 Å². The average molecular weight is 1090 g/mol. The Bertz CT molecular complexity index is 3670. The monoisotopic (exact) mass is 1090 g/mol. The van der Waals surface area contributed by atoms with Crippen molar-refractivity contribution in [1.82, 2.24) is 14.1 Å². The molecule has 348 valence electrons. The summed E-state index contributed by atoms with van der Waals surface area (Å²) in [6.07, 6.45) is 6.72. The Balaban J connectivity index is 0.00000567. The molecule has 3 aromatic heterocycles. The molecule has 0 aliphatic carbocycles. The molecular weight excluding hydrogens is 1040 g/mol. The number of ether oxygens (including phenoxy) is 1. The van der Waals surface area contributed by atoms with Crippen molar-refractivity contribution in [3.8, 4) is 62.1 Å². The molecule has 70 heavy (non-hydrogen) atoms. The zero-order valence-corrected chi connectivity index (χ0v) is 42.9. The van der Waals surface area contributed by atoms with E-state index in [-0.39, 0.29) is 31.9 Å². The summed E-state index contributed by atoms with van der Waals surface area (Å²) in [6.45, 7) is 16.0. The number of aromatic nitrogens is 4. The van der Waals surface area contributed by atoms with Crippen LogP contribution < -0.4 is 9.30 Å². The van der Waals surface area contributed by atoms with Crippen molar-refractivity contribution in [1.29, 1.82) is 0 Å². The molecule has 5 nitrogen and oxygen atoms in total. The van der Waals surface area contributed by atoms with Crippen LogP contribution in [0.3, 0.4) is 0 Å². The molecule has 0 saturated carbocycles. The number of imidazole rings is 1. The van der Waals surface area contributed by atoms with E-state index in [4.69, 9.17) is 9.72 Å². The van der Waals surface area contributed by atoms with Crippen molar-refractivity contribution < 1.29 is 30.4 Å². The Kier molecular flexibility index (Phi) is 12.3. The summed E-state index contributed by atoms with van der Waals surface area (Å²) in [7, 11) is 0. The fourth-order valence-corrected chi connectivity index (χ4v) is 9.61. The topological polar surface area (TPSA) is 35.9 Å². The summed E-state index contributed by atoms with van der Waals surface area (Å²) >= 11 is 0. The van der Waals surface area contributed by atoms with Crippen LogP contribution in [0.5, 0.6) is 11.5 Å². The van der Waals surface area contributed by atoms with Crippen LogP contribution in [0.2, 0.25) is 0 Å². The van der Waals surface area contributed by atoms with E-state index in [1.807, 2.05) is 30.5 Å². The molecule has 11 aromatic rings. The van der Waals surface area contributed by atoms with E-state index in [1.165, 1.54) is 22.3 Å². The maximum Gasteiger partial charge on any atom is 0.268 e. The normalized spacial score (nSPS) is 11.9. The van der Waals surface area contributed by atoms with Crippen molar-refractivity contribution in [2.24, 2.45) is 0 Å². The summed E-state index contributed by atoms with van der Waals surface area (Å²) in [4.78, 5) is 5.07. The van der Waals surface area contributed by atoms with Gasteiger partial charge < -0.3 is 13.9 Å². The molecule has 0 amide bonds. The van der Waals surface area contributed by atoms with Crippen LogP contribution in [-0.4, -0.2) is 14.1 Å². The van der Waals surface area contributed by atoms with E-state index in [9.17, 15) is 0 Å². The first-order chi connectivity index (χ1) is 33.4. The van der Waals surface area contributed by atoms with Gasteiger partial charge in [-0.3, -0.25) is 4.57 Å². The van der Waals surface area contributed by atoms with E-state index < -0.39 is 0 Å². The van der Waals surface area contributed by atoms with E-state index in [0.717, 1.165) is 84.3 Å². The summed E-state index contributed by atoms with van der Waals surface area (Å²) in [5, 5.41) is 2.21. The fourth-order valence-electron chi connectivity index (χ4n) is 9.61. The average Bonchev–Trinajstić information content (AvgIpc) is 3.92. The summed E-state index contributed by atoms with van der Waals surface area (Å²) < 4.78 is 13.3. The van der Waals surface area contributed by atoms with Gasteiger partial charge in [0.05, 0.1) is 16.7 Å². The Morgan fingerprint density at radius 3 is 1.83 bits per heavy atom. The minimum absolute atomic E-state index is 0. The molecule has 0 aliphatic rings. The minimum Gasteiger partial charge on any atom is -0.510 e. The Morgan fingerprint density at radius 2 is 1.14 bits per heavy atom. The van der Waals surface area contributed by atoms with Gasteiger partial charge in [0.25, 0.3) is 6.33 Å². The number of pyridine rings is 1. The molecule has 0 aliphatic heterocycles. The zero-order valence-electron chi connectivity index (χ0n) is 40.6. The molecular formula is C64H54N4OPt-2. The molecule has 0 bridgehead atoms. The van der Waals surface area contributed by atoms with E-state index in [2.05, 4.69) is 238 Å². The van der Waals surface area contributed by atoms with Crippen LogP contribution in [0, 0.1) is 18.5 Å². The molecule has 0 unspecified atom stereocenters. The zero-order chi connectivity index (χ0) is 47.4. The van der Waals surface area contributed by atoms with Gasteiger partial charge in [0.1, 0.15) is 5.82 Å². The maximum atomic E-state index is 6.71. The molecule has 0 radical (unpaired) electrons. The van der Waals surface area contributed by atoms with Gasteiger partial charge in [0.2, 0.25) is 0 Å². The number of rotatable bonds is 9. The third-order valence-corrected chi connectivity index (χ3v) is 13.3. The first-order valence-corrected chi connectivity index (χ1v) is 23.9. The smallest absolute Gasteiger partial charge is 0.268 e. The fraction of sp³-hybridized carbons (Fsp3) is 0.156. The summed E-state index contributed by atoms with van der Waals surface area (Å²) in [5.74, 6) is 2.00. The van der Waals surface area contributed by atoms with Gasteiger partial charge in [0.15, 0.2) is 0 Å². The number of para-hydroxylation sites is 4. The van der Waals surface area contributed by atoms with Gasteiger partial charge in [-0.05, 0) is 85.0 Å². The maximum absolute atomic E-state index is 6.71. The number of benzene rings is 8. The van der Waals surface area contributed by atoms with Crippen LogP contribution in [0.1, 0.15) is 65.2 Å². The van der Waals surface area contributed by atoms with Gasteiger partial charge >= 0.3 is 0 Å². The first-order valence-electron chi connectivity index (χ1n) is 23.9. The standard InChI is InChI=1S/C64H54N4O.Pt/c1-8-43-37-61(65-41-56(43)45-23-13-10-14-24-45)68-57-30-16-15-27-54(57)55-34-33-51(40-60(55)68)69-50-26-19-25-49(39-50)66-42-67(59-32-18-17-31-58(59)66)62-52(44-21-11-9-12-22-44)28-20-29-53(62)46-35-47(63(2,3)4)38-48(36-46)64(5,6)7;/h9-38,41H,8H2,1-7H3;/q-2;. The number of hydrogen-bond donors (Lipinski definition) is 0. The van der Waals surface area contributed by atoms with Crippen molar-refractivity contribution >= 4 is 32.8 Å². The molecule has 8 aromatic carbocycles. The van der Waals surface area contributed by atoms with Crippen molar-refractivity contribution in [2.75, 3.05) is 0 Å². The van der Waals surface area contributed by atoms with Crippen LogP contribution in [0.4, 0.5) is 0 Å². The third kappa shape index (κ3) is 8.58. The van der Waals surface area contributed by atoms with Gasteiger partial charge in [0, 0.05) is 49.8 Å². The summed E-state index contributed by atoms with van der Waals surface area (Å²) in [6, 6.07) is 71.6. The van der Waals surface area contributed by atoms with Crippen molar-refractivity contribution in [3.63, 3.8) is 0 Å². The quantitative estimate of drug-likeness (QED) is 0.107. The molecule has 0 N–H and O–H groups in total. The van der Waals surface area contributed by atoms with Crippen LogP contribution in [0.15, 0.2) is 188 Å². The van der Waals surface area contributed by atoms with Gasteiger partial charge in [-0.2, -0.15) is 18.2 Å². The molecule has 0 fully saturated rings.